The normalized spacial score (nSPS) is 14.1. The van der Waals surface area contributed by atoms with Gasteiger partial charge in [-0.05, 0) is 47.2 Å². The number of hydrogen-bond donors (Lipinski definition) is 1. The van der Waals surface area contributed by atoms with Crippen LogP contribution < -0.4 is 10.5 Å². The molecule has 0 aliphatic carbocycles. The van der Waals surface area contributed by atoms with Gasteiger partial charge < -0.3 is 15.2 Å². The van der Waals surface area contributed by atoms with E-state index in [-0.39, 0.29) is 6.04 Å². The molecule has 0 heterocycles. The molecule has 2 N–H and O–H groups in total. The van der Waals surface area contributed by atoms with E-state index in [9.17, 15) is 0 Å². The molecule has 2 atom stereocenters. The Labute approximate surface area is 127 Å². The van der Waals surface area contributed by atoms with Gasteiger partial charge in [-0.2, -0.15) is 0 Å². The average Bonchev–Trinajstić information content (AvgIpc) is 2.52. The van der Waals surface area contributed by atoms with Crippen molar-refractivity contribution in [3.8, 4) is 5.75 Å². The SMILES string of the molecule is COCCC(C)C(N)Cc1cccc2ccc(OC)cc12. The van der Waals surface area contributed by atoms with E-state index in [1.54, 1.807) is 14.2 Å². The van der Waals surface area contributed by atoms with Crippen LogP contribution in [0, 0.1) is 5.92 Å². The predicted molar refractivity (Wildman–Crippen MR) is 87.8 cm³/mol. The van der Waals surface area contributed by atoms with Gasteiger partial charge in [-0.15, -0.1) is 0 Å². The highest BCUT2D eigenvalue weighted by Gasteiger charge is 2.14. The number of nitrogens with two attached hydrogens (primary N) is 1. The fourth-order valence-corrected chi connectivity index (χ4v) is 2.59. The summed E-state index contributed by atoms with van der Waals surface area (Å²) in [6.45, 7) is 2.95. The van der Waals surface area contributed by atoms with Crippen molar-refractivity contribution in [1.29, 1.82) is 0 Å². The molecule has 2 rings (SSSR count). The van der Waals surface area contributed by atoms with Crippen molar-refractivity contribution < 1.29 is 9.47 Å². The molecule has 114 valence electrons. The maximum absolute atomic E-state index is 6.36. The molecule has 0 spiro atoms. The minimum atomic E-state index is 0.136. The van der Waals surface area contributed by atoms with Crippen LogP contribution in [0.2, 0.25) is 0 Å². The summed E-state index contributed by atoms with van der Waals surface area (Å²) in [6.07, 6.45) is 1.86. The average molecular weight is 287 g/mol. The lowest BCUT2D eigenvalue weighted by Gasteiger charge is -2.20. The maximum atomic E-state index is 6.36. The molecule has 0 amide bonds. The summed E-state index contributed by atoms with van der Waals surface area (Å²) in [4.78, 5) is 0. The molecule has 2 unspecified atom stereocenters. The quantitative estimate of drug-likeness (QED) is 0.849. The van der Waals surface area contributed by atoms with E-state index in [1.807, 2.05) is 6.07 Å². The fraction of sp³-hybridized carbons (Fsp3) is 0.444. The topological polar surface area (TPSA) is 44.5 Å². The van der Waals surface area contributed by atoms with E-state index < -0.39 is 0 Å². The van der Waals surface area contributed by atoms with Gasteiger partial charge in [-0.1, -0.05) is 31.2 Å². The van der Waals surface area contributed by atoms with E-state index in [1.165, 1.54) is 16.3 Å². The fourth-order valence-electron chi connectivity index (χ4n) is 2.59. The van der Waals surface area contributed by atoms with Crippen LogP contribution in [-0.4, -0.2) is 26.9 Å². The second-order valence-corrected chi connectivity index (χ2v) is 5.63. The lowest BCUT2D eigenvalue weighted by molar-refractivity contribution is 0.174. The Morgan fingerprint density at radius 1 is 1.14 bits per heavy atom. The van der Waals surface area contributed by atoms with E-state index in [2.05, 4.69) is 37.3 Å². The molecular weight excluding hydrogens is 262 g/mol. The summed E-state index contributed by atoms with van der Waals surface area (Å²) < 4.78 is 10.5. The van der Waals surface area contributed by atoms with Crippen molar-refractivity contribution in [1.82, 2.24) is 0 Å². The number of rotatable bonds is 7. The Morgan fingerprint density at radius 2 is 1.95 bits per heavy atom. The van der Waals surface area contributed by atoms with Crippen molar-refractivity contribution in [2.24, 2.45) is 11.7 Å². The molecule has 0 aromatic heterocycles. The Morgan fingerprint density at radius 3 is 2.67 bits per heavy atom. The first-order valence-corrected chi connectivity index (χ1v) is 7.46. The van der Waals surface area contributed by atoms with Gasteiger partial charge in [0.1, 0.15) is 5.75 Å². The van der Waals surface area contributed by atoms with Crippen LogP contribution in [0.1, 0.15) is 18.9 Å². The maximum Gasteiger partial charge on any atom is 0.119 e. The van der Waals surface area contributed by atoms with Crippen LogP contribution >= 0.6 is 0 Å². The summed E-state index contributed by atoms with van der Waals surface area (Å²) >= 11 is 0. The van der Waals surface area contributed by atoms with Gasteiger partial charge in [0.2, 0.25) is 0 Å². The molecule has 2 aromatic rings. The first-order chi connectivity index (χ1) is 10.2. The number of fused-ring (bicyclic) bond motifs is 1. The van der Waals surface area contributed by atoms with Gasteiger partial charge in [0, 0.05) is 19.8 Å². The molecule has 2 aromatic carbocycles. The highest BCUT2D eigenvalue weighted by molar-refractivity contribution is 5.87. The number of methoxy groups -OCH3 is 2. The molecule has 0 radical (unpaired) electrons. The molecule has 0 aliphatic rings. The van der Waals surface area contributed by atoms with E-state index in [4.69, 9.17) is 15.2 Å². The molecule has 3 heteroatoms. The van der Waals surface area contributed by atoms with Crippen molar-refractivity contribution in [3.63, 3.8) is 0 Å². The van der Waals surface area contributed by atoms with E-state index in [0.29, 0.717) is 5.92 Å². The molecular formula is C18H25NO2. The van der Waals surface area contributed by atoms with Crippen molar-refractivity contribution >= 4 is 10.8 Å². The summed E-state index contributed by atoms with van der Waals surface area (Å²) in [5.74, 6) is 1.32. The predicted octanol–water partition coefficient (Wildman–Crippen LogP) is 3.39. The van der Waals surface area contributed by atoms with Crippen molar-refractivity contribution in [3.05, 3.63) is 42.0 Å². The second-order valence-electron chi connectivity index (χ2n) is 5.63. The Balaban J connectivity index is 2.21. The number of benzene rings is 2. The third-order valence-electron chi connectivity index (χ3n) is 4.14. The molecule has 0 fully saturated rings. The Kier molecular flexibility index (Phi) is 5.59. The number of ether oxygens (including phenoxy) is 2. The Bertz CT molecular complexity index is 582. The Hall–Kier alpha value is -1.58. The molecule has 0 aliphatic heterocycles. The van der Waals surface area contributed by atoms with Crippen LogP contribution in [0.4, 0.5) is 0 Å². The summed E-state index contributed by atoms with van der Waals surface area (Å²) in [5.41, 5.74) is 7.65. The van der Waals surface area contributed by atoms with E-state index in [0.717, 1.165) is 25.2 Å². The summed E-state index contributed by atoms with van der Waals surface area (Å²) in [7, 11) is 3.43. The first kappa shape index (κ1) is 15.8. The minimum Gasteiger partial charge on any atom is -0.497 e. The van der Waals surface area contributed by atoms with Crippen LogP contribution in [-0.2, 0) is 11.2 Å². The molecule has 0 saturated heterocycles. The van der Waals surface area contributed by atoms with Gasteiger partial charge in [0.25, 0.3) is 0 Å². The highest BCUT2D eigenvalue weighted by atomic mass is 16.5. The summed E-state index contributed by atoms with van der Waals surface area (Å²) in [5, 5.41) is 2.45. The highest BCUT2D eigenvalue weighted by Crippen LogP contribution is 2.25. The monoisotopic (exact) mass is 287 g/mol. The lowest BCUT2D eigenvalue weighted by atomic mass is 9.91. The van der Waals surface area contributed by atoms with Gasteiger partial charge in [-0.3, -0.25) is 0 Å². The largest absolute Gasteiger partial charge is 0.497 e. The van der Waals surface area contributed by atoms with Crippen LogP contribution in [0.3, 0.4) is 0 Å². The van der Waals surface area contributed by atoms with Crippen molar-refractivity contribution in [2.75, 3.05) is 20.8 Å². The van der Waals surface area contributed by atoms with Gasteiger partial charge in [0.15, 0.2) is 0 Å². The molecule has 21 heavy (non-hydrogen) atoms. The zero-order valence-corrected chi connectivity index (χ0v) is 13.1. The van der Waals surface area contributed by atoms with Gasteiger partial charge >= 0.3 is 0 Å². The standard InChI is InChI=1S/C18H25NO2/c1-13(9-10-20-2)18(19)11-15-6-4-5-14-7-8-16(21-3)12-17(14)15/h4-8,12-13,18H,9-11,19H2,1-3H3. The molecule has 0 bridgehead atoms. The van der Waals surface area contributed by atoms with Crippen LogP contribution in [0.5, 0.6) is 5.75 Å². The third kappa shape index (κ3) is 3.96. The van der Waals surface area contributed by atoms with Gasteiger partial charge in [-0.25, -0.2) is 0 Å². The molecule has 3 nitrogen and oxygen atoms in total. The first-order valence-electron chi connectivity index (χ1n) is 7.46. The van der Waals surface area contributed by atoms with E-state index >= 15 is 0 Å². The minimum absolute atomic E-state index is 0.136. The van der Waals surface area contributed by atoms with Gasteiger partial charge in [0.05, 0.1) is 7.11 Å². The zero-order chi connectivity index (χ0) is 15.2. The second kappa shape index (κ2) is 7.43. The van der Waals surface area contributed by atoms with Crippen LogP contribution in [0.25, 0.3) is 10.8 Å². The summed E-state index contributed by atoms with van der Waals surface area (Å²) in [6, 6.07) is 12.7. The lowest BCUT2D eigenvalue weighted by Crippen LogP contribution is -2.31. The van der Waals surface area contributed by atoms with Crippen molar-refractivity contribution in [2.45, 2.75) is 25.8 Å². The smallest absolute Gasteiger partial charge is 0.119 e. The van der Waals surface area contributed by atoms with Crippen LogP contribution in [0.15, 0.2) is 36.4 Å². The number of hydrogen-bond acceptors (Lipinski definition) is 3. The zero-order valence-electron chi connectivity index (χ0n) is 13.1. The third-order valence-corrected chi connectivity index (χ3v) is 4.14. The molecule has 0 saturated carbocycles.